The van der Waals surface area contributed by atoms with E-state index in [1.807, 2.05) is 4.52 Å². The van der Waals surface area contributed by atoms with Gasteiger partial charge >= 0.3 is 0 Å². The van der Waals surface area contributed by atoms with Crippen molar-refractivity contribution in [3.8, 4) is 17.3 Å². The Bertz CT molecular complexity index is 1340. The van der Waals surface area contributed by atoms with Crippen molar-refractivity contribution >= 4 is 17.4 Å². The third-order valence-corrected chi connectivity index (χ3v) is 10.9. The number of fused-ring (bicyclic) bond motifs is 4. The van der Waals surface area contributed by atoms with Gasteiger partial charge in [0.15, 0.2) is 5.65 Å². The molecule has 2 bridgehead atoms. The predicted octanol–water partition coefficient (Wildman–Crippen LogP) is 5.84. The lowest BCUT2D eigenvalue weighted by Crippen LogP contribution is -2.43. The molecule has 184 valence electrons. The number of nitriles is 1. The van der Waals surface area contributed by atoms with Crippen LogP contribution in [-0.2, 0) is 5.41 Å². The van der Waals surface area contributed by atoms with Crippen LogP contribution >= 0.6 is 11.8 Å². The number of aromatic nitrogens is 4. The molecule has 1 N–H and O–H groups in total. The monoisotopic (exact) mass is 488 g/mol. The van der Waals surface area contributed by atoms with E-state index >= 15 is 0 Å². The Morgan fingerprint density at radius 1 is 1.26 bits per heavy atom. The van der Waals surface area contributed by atoms with Gasteiger partial charge in [0.25, 0.3) is 0 Å². The van der Waals surface area contributed by atoms with Gasteiger partial charge in [0.2, 0.25) is 0 Å². The molecule has 3 aliphatic rings. The van der Waals surface area contributed by atoms with Crippen LogP contribution < -0.4 is 0 Å². The largest absolute Gasteiger partial charge is 0.349 e. The fraction of sp³-hybridized carbons (Fsp3) is 0.607. The number of thioether (sulfide) groups is 1. The van der Waals surface area contributed by atoms with Crippen LogP contribution in [0.1, 0.15) is 75.1 Å². The van der Waals surface area contributed by atoms with E-state index in [2.05, 4.69) is 85.5 Å². The molecule has 0 aromatic carbocycles. The first-order chi connectivity index (χ1) is 16.7. The zero-order valence-corrected chi connectivity index (χ0v) is 22.5. The summed E-state index contributed by atoms with van der Waals surface area (Å²) < 4.78 is 1.92. The second kappa shape index (κ2) is 8.11. The number of aromatic amines is 1. The van der Waals surface area contributed by atoms with Crippen molar-refractivity contribution < 1.29 is 0 Å². The molecule has 1 saturated heterocycles. The number of H-pyrrole nitrogens is 1. The van der Waals surface area contributed by atoms with Gasteiger partial charge in [0.1, 0.15) is 6.33 Å². The average molecular weight is 489 g/mol. The van der Waals surface area contributed by atoms with Crippen molar-refractivity contribution in [3.63, 3.8) is 0 Å². The van der Waals surface area contributed by atoms with E-state index in [1.54, 1.807) is 6.33 Å². The van der Waals surface area contributed by atoms with E-state index in [-0.39, 0.29) is 5.41 Å². The highest BCUT2D eigenvalue weighted by Gasteiger charge is 2.55. The number of aryl methyl sites for hydroxylation is 1. The molecule has 5 heterocycles. The van der Waals surface area contributed by atoms with E-state index in [9.17, 15) is 0 Å². The Kier molecular flexibility index (Phi) is 5.36. The van der Waals surface area contributed by atoms with Gasteiger partial charge < -0.3 is 4.98 Å². The fourth-order valence-corrected chi connectivity index (χ4v) is 9.25. The Hall–Kier alpha value is -2.30. The molecule has 0 spiro atoms. The van der Waals surface area contributed by atoms with Gasteiger partial charge in [-0.05, 0) is 66.7 Å². The maximum Gasteiger partial charge on any atom is 0.158 e. The van der Waals surface area contributed by atoms with Crippen LogP contribution in [0.3, 0.4) is 0 Å². The van der Waals surface area contributed by atoms with Crippen LogP contribution in [0.4, 0.5) is 0 Å². The molecule has 3 unspecified atom stereocenters. The second-order valence-corrected chi connectivity index (χ2v) is 13.0. The van der Waals surface area contributed by atoms with Crippen molar-refractivity contribution in [2.45, 2.75) is 88.5 Å². The lowest BCUT2D eigenvalue weighted by Gasteiger charge is -2.39. The van der Waals surface area contributed by atoms with Crippen molar-refractivity contribution in [3.05, 3.63) is 34.8 Å². The molecule has 0 amide bonds. The molecule has 3 aromatic heterocycles. The normalized spacial score (nSPS) is 27.3. The molecule has 6 rings (SSSR count). The lowest BCUT2D eigenvalue weighted by molar-refractivity contribution is 0.164. The predicted molar refractivity (Wildman–Crippen MR) is 141 cm³/mol. The minimum atomic E-state index is 0.112. The van der Waals surface area contributed by atoms with E-state index in [4.69, 9.17) is 5.26 Å². The van der Waals surface area contributed by atoms with Crippen molar-refractivity contribution in [2.24, 2.45) is 11.8 Å². The van der Waals surface area contributed by atoms with Gasteiger partial charge in [-0.25, -0.2) is 9.50 Å². The molecule has 2 fully saturated rings. The summed E-state index contributed by atoms with van der Waals surface area (Å²) in [4.78, 5) is 11.0. The first kappa shape index (κ1) is 23.1. The van der Waals surface area contributed by atoms with Crippen LogP contribution in [0.25, 0.3) is 16.9 Å². The minimum Gasteiger partial charge on any atom is -0.349 e. The number of pyridine rings is 1. The molecule has 4 atom stereocenters. The number of nitrogens with zero attached hydrogens (tertiary/aromatic N) is 5. The lowest BCUT2D eigenvalue weighted by atomic mass is 9.71. The molecule has 1 aliphatic carbocycles. The number of likely N-dealkylation sites (tertiary alicyclic amines) is 1. The fourth-order valence-electron chi connectivity index (χ4n) is 7.43. The standard InChI is InChI=1S/C28H36N6S/c1-15(2)22-23-27(32-24(22)21-13-34-26(30-14-31-34)17(4)16(21)3)35-25(28(23,5)6)20-11-19-10-18(20)12-33(19)9-7-8-29/h13-15,18-20,25,32H,7,9-12H2,1-6H3/t18?,19?,20-,25?/m1/s1. The maximum absolute atomic E-state index is 9.02. The van der Waals surface area contributed by atoms with E-state index in [0.717, 1.165) is 24.0 Å². The summed E-state index contributed by atoms with van der Waals surface area (Å²) in [5, 5.41) is 15.4. The first-order valence-electron chi connectivity index (χ1n) is 13.1. The van der Waals surface area contributed by atoms with Crippen LogP contribution in [0.2, 0.25) is 0 Å². The molecule has 0 radical (unpaired) electrons. The zero-order chi connectivity index (χ0) is 24.6. The van der Waals surface area contributed by atoms with Gasteiger partial charge in [0.05, 0.1) is 16.8 Å². The molecule has 2 aliphatic heterocycles. The average Bonchev–Trinajstić information content (AvgIpc) is 3.61. The van der Waals surface area contributed by atoms with Gasteiger partial charge in [0, 0.05) is 48.0 Å². The van der Waals surface area contributed by atoms with Crippen molar-refractivity contribution in [2.75, 3.05) is 13.1 Å². The summed E-state index contributed by atoms with van der Waals surface area (Å²) >= 11 is 2.10. The summed E-state index contributed by atoms with van der Waals surface area (Å²) in [5.41, 5.74) is 9.03. The Morgan fingerprint density at radius 3 is 2.74 bits per heavy atom. The number of hydrogen-bond donors (Lipinski definition) is 1. The van der Waals surface area contributed by atoms with Crippen LogP contribution in [-0.4, -0.2) is 48.9 Å². The van der Waals surface area contributed by atoms with Crippen molar-refractivity contribution in [1.82, 2.24) is 24.5 Å². The molecule has 7 heteroatoms. The zero-order valence-electron chi connectivity index (χ0n) is 21.7. The van der Waals surface area contributed by atoms with Crippen LogP contribution in [0.5, 0.6) is 0 Å². The van der Waals surface area contributed by atoms with Crippen molar-refractivity contribution in [1.29, 1.82) is 5.26 Å². The van der Waals surface area contributed by atoms with Gasteiger partial charge in [-0.15, -0.1) is 11.8 Å². The summed E-state index contributed by atoms with van der Waals surface area (Å²) in [6.07, 6.45) is 7.05. The first-order valence-corrected chi connectivity index (χ1v) is 13.9. The number of hydrogen-bond acceptors (Lipinski definition) is 5. The molecule has 3 aromatic rings. The third-order valence-electron chi connectivity index (χ3n) is 9.19. The smallest absolute Gasteiger partial charge is 0.158 e. The van der Waals surface area contributed by atoms with Gasteiger partial charge in [-0.3, -0.25) is 4.90 Å². The number of piperidine rings is 1. The Labute approximate surface area is 212 Å². The highest BCUT2D eigenvalue weighted by Crippen LogP contribution is 2.60. The quantitative estimate of drug-likeness (QED) is 0.488. The number of rotatable bonds is 5. The molecule has 6 nitrogen and oxygen atoms in total. The Morgan fingerprint density at radius 2 is 2.06 bits per heavy atom. The number of nitrogens with one attached hydrogen (secondary N) is 1. The van der Waals surface area contributed by atoms with Crippen LogP contribution in [0, 0.1) is 37.0 Å². The minimum absolute atomic E-state index is 0.112. The van der Waals surface area contributed by atoms with E-state index in [1.165, 1.54) is 57.9 Å². The highest BCUT2D eigenvalue weighted by molar-refractivity contribution is 8.00. The molecular weight excluding hydrogens is 452 g/mol. The summed E-state index contributed by atoms with van der Waals surface area (Å²) in [5.74, 6) is 1.94. The highest BCUT2D eigenvalue weighted by atomic mass is 32.2. The van der Waals surface area contributed by atoms with E-state index in [0.29, 0.717) is 23.6 Å². The molecular formula is C28H36N6S. The molecule has 1 saturated carbocycles. The summed E-state index contributed by atoms with van der Waals surface area (Å²) in [6, 6.07) is 3.01. The molecule has 35 heavy (non-hydrogen) atoms. The van der Waals surface area contributed by atoms with E-state index < -0.39 is 0 Å². The topological polar surface area (TPSA) is 73.0 Å². The third kappa shape index (κ3) is 3.33. The van der Waals surface area contributed by atoms with Crippen LogP contribution in [0.15, 0.2) is 17.6 Å². The maximum atomic E-state index is 9.02. The summed E-state index contributed by atoms with van der Waals surface area (Å²) in [7, 11) is 0. The van der Waals surface area contributed by atoms with Gasteiger partial charge in [-0.1, -0.05) is 27.7 Å². The van der Waals surface area contributed by atoms with Gasteiger partial charge in [-0.2, -0.15) is 10.4 Å². The Balaban J connectivity index is 1.37. The summed E-state index contributed by atoms with van der Waals surface area (Å²) in [6.45, 7) is 16.1. The second-order valence-electron chi connectivity index (χ2n) is 11.8. The SMILES string of the molecule is Cc1c(-c2[nH]c3c(c2C(C)C)C(C)(C)C([C@@H]2CC4CC2CN4CCC#N)S3)cn2ncnc2c1C.